The van der Waals surface area contributed by atoms with Crippen LogP contribution < -0.4 is 5.73 Å². The smallest absolute Gasteiger partial charge is 0.319 e. The lowest BCUT2D eigenvalue weighted by Crippen LogP contribution is -2.41. The fourth-order valence-corrected chi connectivity index (χ4v) is 1.99. The van der Waals surface area contributed by atoms with E-state index >= 15 is 0 Å². The molecule has 1 aromatic rings. The first-order valence-corrected chi connectivity index (χ1v) is 5.81. The summed E-state index contributed by atoms with van der Waals surface area (Å²) in [5.74, 6) is -0.238. The second kappa shape index (κ2) is 5.79. The number of ether oxygens (including phenoxy) is 2. The molecule has 1 saturated heterocycles. The van der Waals surface area contributed by atoms with Crippen molar-refractivity contribution in [1.82, 2.24) is 9.88 Å². The number of nitrogen functional groups attached to an aromatic ring is 1. The summed E-state index contributed by atoms with van der Waals surface area (Å²) in [5, 5.41) is 0. The molecule has 1 aliphatic heterocycles. The van der Waals surface area contributed by atoms with E-state index < -0.39 is 0 Å². The number of pyridine rings is 1. The summed E-state index contributed by atoms with van der Waals surface area (Å²) in [6, 6.07) is 1.85. The summed E-state index contributed by atoms with van der Waals surface area (Å²) in [4.78, 5) is 17.2. The van der Waals surface area contributed by atoms with Crippen LogP contribution in [-0.4, -0.2) is 49.2 Å². The fraction of sp³-hybridized carbons (Fsp3) is 0.500. The molecule has 6 nitrogen and oxygen atoms in total. The summed E-state index contributed by atoms with van der Waals surface area (Å²) in [5.41, 5.74) is 7.40. The molecule has 0 radical (unpaired) electrons. The van der Waals surface area contributed by atoms with Crippen LogP contribution in [0.15, 0.2) is 18.5 Å². The van der Waals surface area contributed by atoms with Gasteiger partial charge in [0.25, 0.3) is 0 Å². The van der Waals surface area contributed by atoms with E-state index in [-0.39, 0.29) is 18.6 Å². The normalized spacial score (nSPS) is 20.6. The topological polar surface area (TPSA) is 77.7 Å². The molecule has 0 aliphatic carbocycles. The van der Waals surface area contributed by atoms with Gasteiger partial charge in [-0.25, -0.2) is 0 Å². The summed E-state index contributed by atoms with van der Waals surface area (Å²) >= 11 is 0. The van der Waals surface area contributed by atoms with Crippen molar-refractivity contribution < 1.29 is 14.3 Å². The average Bonchev–Trinajstić information content (AvgIpc) is 2.39. The van der Waals surface area contributed by atoms with E-state index in [2.05, 4.69) is 9.72 Å². The molecular formula is C12H17N3O3. The number of nitrogens with zero attached hydrogens (tertiary/aromatic N) is 2. The number of morpholine rings is 1. The van der Waals surface area contributed by atoms with E-state index in [9.17, 15) is 4.79 Å². The van der Waals surface area contributed by atoms with Crippen molar-refractivity contribution in [3.05, 3.63) is 24.0 Å². The Bertz CT molecular complexity index is 425. The van der Waals surface area contributed by atoms with Gasteiger partial charge in [0, 0.05) is 24.8 Å². The molecule has 1 atom stereocenters. The number of carbonyl (C=O) groups excluding carboxylic acids is 1. The second-order valence-corrected chi connectivity index (χ2v) is 4.18. The molecule has 98 valence electrons. The maximum absolute atomic E-state index is 11.3. The van der Waals surface area contributed by atoms with Crippen LogP contribution in [0.3, 0.4) is 0 Å². The van der Waals surface area contributed by atoms with Crippen molar-refractivity contribution >= 4 is 11.7 Å². The van der Waals surface area contributed by atoms with Gasteiger partial charge in [0.2, 0.25) is 0 Å². The van der Waals surface area contributed by atoms with Crippen LogP contribution >= 0.6 is 0 Å². The van der Waals surface area contributed by atoms with Crippen LogP contribution in [0.2, 0.25) is 0 Å². The summed E-state index contributed by atoms with van der Waals surface area (Å²) in [7, 11) is 1.39. The molecule has 1 unspecified atom stereocenters. The molecule has 1 fully saturated rings. The number of nitrogens with two attached hydrogens (primary N) is 1. The zero-order chi connectivity index (χ0) is 13.0. The Balaban J connectivity index is 2.03. The third kappa shape index (κ3) is 2.96. The van der Waals surface area contributed by atoms with Gasteiger partial charge < -0.3 is 15.2 Å². The van der Waals surface area contributed by atoms with Crippen LogP contribution in [0.25, 0.3) is 0 Å². The third-order valence-corrected chi connectivity index (χ3v) is 2.96. The SMILES string of the molecule is COC(=O)CN1CCOC(c2ccncc2N)C1. The van der Waals surface area contributed by atoms with Crippen molar-refractivity contribution in [1.29, 1.82) is 0 Å². The second-order valence-electron chi connectivity index (χ2n) is 4.18. The molecule has 1 aromatic heterocycles. The largest absolute Gasteiger partial charge is 0.468 e. The molecule has 0 aromatic carbocycles. The Hall–Kier alpha value is -1.66. The van der Waals surface area contributed by atoms with Crippen LogP contribution in [0.1, 0.15) is 11.7 Å². The van der Waals surface area contributed by atoms with Crippen LogP contribution in [0.4, 0.5) is 5.69 Å². The minimum atomic E-state index is -0.238. The minimum Gasteiger partial charge on any atom is -0.468 e. The Morgan fingerprint density at radius 3 is 3.28 bits per heavy atom. The maximum Gasteiger partial charge on any atom is 0.319 e. The Kier molecular flexibility index (Phi) is 4.11. The van der Waals surface area contributed by atoms with Crippen LogP contribution in [0, 0.1) is 0 Å². The van der Waals surface area contributed by atoms with Crippen molar-refractivity contribution in [2.45, 2.75) is 6.10 Å². The molecule has 2 heterocycles. The first-order valence-electron chi connectivity index (χ1n) is 5.81. The Morgan fingerprint density at radius 1 is 1.72 bits per heavy atom. The maximum atomic E-state index is 11.3. The lowest BCUT2D eigenvalue weighted by Gasteiger charge is -2.32. The number of carbonyl (C=O) groups is 1. The number of hydrogen-bond acceptors (Lipinski definition) is 6. The number of aromatic nitrogens is 1. The fourth-order valence-electron chi connectivity index (χ4n) is 1.99. The molecule has 2 rings (SSSR count). The van der Waals surface area contributed by atoms with Gasteiger partial charge >= 0.3 is 5.97 Å². The van der Waals surface area contributed by atoms with E-state index in [0.717, 1.165) is 12.1 Å². The standard InChI is InChI=1S/C12H17N3O3/c1-17-12(16)8-15-4-5-18-11(7-15)9-2-3-14-6-10(9)13/h2-3,6,11H,4-5,7-8,13H2,1H3. The predicted octanol–water partition coefficient (Wildman–Crippen LogP) is 0.210. The summed E-state index contributed by atoms with van der Waals surface area (Å²) < 4.78 is 10.4. The van der Waals surface area contributed by atoms with E-state index in [0.29, 0.717) is 18.8 Å². The van der Waals surface area contributed by atoms with Crippen molar-refractivity contribution in [3.63, 3.8) is 0 Å². The summed E-state index contributed by atoms with van der Waals surface area (Å²) in [6.07, 6.45) is 3.18. The zero-order valence-electron chi connectivity index (χ0n) is 10.3. The third-order valence-electron chi connectivity index (χ3n) is 2.96. The van der Waals surface area contributed by atoms with Crippen molar-refractivity contribution in [2.75, 3.05) is 39.1 Å². The van der Waals surface area contributed by atoms with Gasteiger partial charge in [0.1, 0.15) is 0 Å². The first-order chi connectivity index (χ1) is 8.70. The molecule has 0 amide bonds. The summed E-state index contributed by atoms with van der Waals surface area (Å²) in [6.45, 7) is 2.20. The van der Waals surface area contributed by atoms with Gasteiger partial charge in [-0.05, 0) is 6.07 Å². The number of rotatable bonds is 3. The predicted molar refractivity (Wildman–Crippen MR) is 65.8 cm³/mol. The molecule has 6 heteroatoms. The van der Waals surface area contributed by atoms with E-state index in [1.54, 1.807) is 12.4 Å². The van der Waals surface area contributed by atoms with Gasteiger partial charge in [-0.2, -0.15) is 0 Å². The van der Waals surface area contributed by atoms with Crippen LogP contribution in [0.5, 0.6) is 0 Å². The average molecular weight is 251 g/mol. The number of hydrogen-bond donors (Lipinski definition) is 1. The van der Waals surface area contributed by atoms with Crippen LogP contribution in [-0.2, 0) is 14.3 Å². The minimum absolute atomic E-state index is 0.119. The van der Waals surface area contributed by atoms with Crippen molar-refractivity contribution in [3.8, 4) is 0 Å². The molecule has 0 saturated carbocycles. The van der Waals surface area contributed by atoms with E-state index in [1.807, 2.05) is 11.0 Å². The molecule has 18 heavy (non-hydrogen) atoms. The molecule has 1 aliphatic rings. The monoisotopic (exact) mass is 251 g/mol. The molecule has 0 bridgehead atoms. The van der Waals surface area contributed by atoms with Gasteiger partial charge in [-0.15, -0.1) is 0 Å². The van der Waals surface area contributed by atoms with Gasteiger partial charge in [0.05, 0.1) is 38.2 Å². The lowest BCUT2D eigenvalue weighted by molar-refractivity contribution is -0.143. The molecule has 0 spiro atoms. The Labute approximate surface area is 106 Å². The van der Waals surface area contributed by atoms with Crippen molar-refractivity contribution in [2.24, 2.45) is 0 Å². The highest BCUT2D eigenvalue weighted by atomic mass is 16.5. The highest BCUT2D eigenvalue weighted by Crippen LogP contribution is 2.25. The lowest BCUT2D eigenvalue weighted by atomic mass is 10.1. The number of methoxy groups -OCH3 is 1. The quantitative estimate of drug-likeness (QED) is 0.774. The number of esters is 1. The highest BCUT2D eigenvalue weighted by Gasteiger charge is 2.24. The molecular weight excluding hydrogens is 234 g/mol. The van der Waals surface area contributed by atoms with Gasteiger partial charge in [-0.3, -0.25) is 14.7 Å². The number of anilines is 1. The molecule has 2 N–H and O–H groups in total. The highest BCUT2D eigenvalue weighted by molar-refractivity contribution is 5.71. The van der Waals surface area contributed by atoms with E-state index in [4.69, 9.17) is 10.5 Å². The zero-order valence-corrected chi connectivity index (χ0v) is 10.3. The van der Waals surface area contributed by atoms with Gasteiger partial charge in [-0.1, -0.05) is 0 Å². The Morgan fingerprint density at radius 2 is 2.56 bits per heavy atom. The van der Waals surface area contributed by atoms with E-state index in [1.165, 1.54) is 7.11 Å². The van der Waals surface area contributed by atoms with Gasteiger partial charge in [0.15, 0.2) is 0 Å². The first kappa shape index (κ1) is 12.8.